The van der Waals surface area contributed by atoms with Crippen LogP contribution in [-0.4, -0.2) is 37.3 Å². The van der Waals surface area contributed by atoms with Crippen molar-refractivity contribution in [2.45, 2.75) is 78.4 Å². The second-order valence-corrected chi connectivity index (χ2v) is 7.11. The van der Waals surface area contributed by atoms with Gasteiger partial charge in [-0.1, -0.05) is 33.1 Å². The lowest BCUT2D eigenvalue weighted by molar-refractivity contribution is -0.139. The molecule has 0 saturated carbocycles. The molecule has 1 N–H and O–H groups in total. The highest BCUT2D eigenvalue weighted by Gasteiger charge is 2.33. The van der Waals surface area contributed by atoms with Crippen molar-refractivity contribution in [1.29, 1.82) is 0 Å². The summed E-state index contributed by atoms with van der Waals surface area (Å²) in [6.45, 7) is 10.2. The van der Waals surface area contributed by atoms with Gasteiger partial charge in [0.1, 0.15) is 16.9 Å². The highest BCUT2D eigenvalue weighted by Crippen LogP contribution is 2.27. The number of carbonyl (C=O) groups is 2. The molecule has 0 heterocycles. The molecule has 0 aromatic heterocycles. The number of methoxy groups -OCH3 is 1. The molecule has 0 fully saturated rings. The Balaban J connectivity index is 3.05. The quantitative estimate of drug-likeness (QED) is 0.401. The van der Waals surface area contributed by atoms with Crippen molar-refractivity contribution in [3.05, 3.63) is 23.8 Å². The number of anilines is 1. The van der Waals surface area contributed by atoms with E-state index in [2.05, 4.69) is 12.2 Å². The van der Waals surface area contributed by atoms with E-state index in [9.17, 15) is 9.59 Å². The smallest absolute Gasteiger partial charge is 0.341 e. The van der Waals surface area contributed by atoms with Gasteiger partial charge in [0.05, 0.1) is 13.2 Å². The van der Waals surface area contributed by atoms with Crippen LogP contribution in [0.2, 0.25) is 0 Å². The molecular weight excluding hydrogens is 358 g/mol. The van der Waals surface area contributed by atoms with E-state index in [-0.39, 0.29) is 17.6 Å². The van der Waals surface area contributed by atoms with Crippen LogP contribution in [0.15, 0.2) is 18.2 Å². The molecule has 28 heavy (non-hydrogen) atoms. The van der Waals surface area contributed by atoms with Gasteiger partial charge in [0.15, 0.2) is 0 Å². The van der Waals surface area contributed by atoms with Crippen LogP contribution in [-0.2, 0) is 14.3 Å². The molecule has 0 bridgehead atoms. The van der Waals surface area contributed by atoms with E-state index in [1.807, 2.05) is 27.7 Å². The number of benzene rings is 1. The minimum absolute atomic E-state index is 0.0383. The Morgan fingerprint density at radius 2 is 1.89 bits per heavy atom. The lowest BCUT2D eigenvalue weighted by Gasteiger charge is -2.28. The normalized spacial score (nSPS) is 14.1. The first-order valence-corrected chi connectivity index (χ1v) is 10.2. The molecule has 1 rings (SSSR count). The Bertz CT molecular complexity index is 646. The minimum Gasteiger partial charge on any atom is -0.490 e. The first-order chi connectivity index (χ1) is 13.3. The molecule has 6 nitrogen and oxygen atoms in total. The van der Waals surface area contributed by atoms with E-state index in [1.165, 1.54) is 7.11 Å². The molecular formula is C22H35NO5. The van der Waals surface area contributed by atoms with Crippen molar-refractivity contribution in [1.82, 2.24) is 0 Å². The summed E-state index contributed by atoms with van der Waals surface area (Å²) >= 11 is 0. The predicted molar refractivity (Wildman–Crippen MR) is 111 cm³/mol. The summed E-state index contributed by atoms with van der Waals surface area (Å²) in [5.41, 5.74) is -0.130. The maximum absolute atomic E-state index is 12.9. The predicted octanol–water partition coefficient (Wildman–Crippen LogP) is 4.96. The molecule has 2 atom stereocenters. The van der Waals surface area contributed by atoms with Crippen LogP contribution in [0.3, 0.4) is 0 Å². The minimum atomic E-state index is -0.915. The van der Waals surface area contributed by atoms with Crippen LogP contribution in [0.5, 0.6) is 5.75 Å². The zero-order valence-corrected chi connectivity index (χ0v) is 18.1. The number of esters is 1. The summed E-state index contributed by atoms with van der Waals surface area (Å²) in [7, 11) is 1.32. The third-order valence-electron chi connectivity index (χ3n) is 4.75. The Morgan fingerprint density at radius 1 is 1.18 bits per heavy atom. The number of nitrogens with one attached hydrogen (secondary N) is 1. The van der Waals surface area contributed by atoms with Gasteiger partial charge in [0, 0.05) is 12.3 Å². The zero-order valence-electron chi connectivity index (χ0n) is 18.1. The molecule has 0 spiro atoms. The van der Waals surface area contributed by atoms with Gasteiger partial charge in [-0.2, -0.15) is 0 Å². The summed E-state index contributed by atoms with van der Waals surface area (Å²) in [5.74, 6) is -0.295. The van der Waals surface area contributed by atoms with Crippen LogP contribution >= 0.6 is 0 Å². The molecule has 1 aromatic carbocycles. The Morgan fingerprint density at radius 3 is 2.46 bits per heavy atom. The van der Waals surface area contributed by atoms with Crippen LogP contribution in [0.4, 0.5) is 5.69 Å². The number of rotatable bonds is 12. The fraction of sp³-hybridized carbons (Fsp3) is 0.636. The summed E-state index contributed by atoms with van der Waals surface area (Å²) in [6.07, 6.45) is 4.44. The topological polar surface area (TPSA) is 73.9 Å². The molecule has 1 amide bonds. The van der Waals surface area contributed by atoms with Crippen LogP contribution in [0.25, 0.3) is 0 Å². The summed E-state index contributed by atoms with van der Waals surface area (Å²) in [4.78, 5) is 25.1. The number of carbonyl (C=O) groups excluding carboxylic acids is 2. The molecule has 1 aromatic rings. The lowest BCUT2D eigenvalue weighted by atomic mass is 9.96. The van der Waals surface area contributed by atoms with E-state index in [1.54, 1.807) is 18.2 Å². The van der Waals surface area contributed by atoms with Crippen molar-refractivity contribution >= 4 is 17.6 Å². The van der Waals surface area contributed by atoms with Crippen molar-refractivity contribution < 1.29 is 23.8 Å². The highest BCUT2D eigenvalue weighted by molar-refractivity contribution is 5.99. The molecule has 0 saturated heterocycles. The average molecular weight is 394 g/mol. The summed E-state index contributed by atoms with van der Waals surface area (Å²) in [5, 5.41) is 2.88. The fourth-order valence-corrected chi connectivity index (χ4v) is 2.83. The number of amides is 1. The van der Waals surface area contributed by atoms with Gasteiger partial charge in [-0.25, -0.2) is 4.79 Å². The van der Waals surface area contributed by atoms with Gasteiger partial charge in [-0.15, -0.1) is 0 Å². The van der Waals surface area contributed by atoms with E-state index >= 15 is 0 Å². The van der Waals surface area contributed by atoms with Crippen LogP contribution in [0.1, 0.15) is 77.1 Å². The highest BCUT2D eigenvalue weighted by atomic mass is 16.5. The monoisotopic (exact) mass is 393 g/mol. The first-order valence-electron chi connectivity index (χ1n) is 10.2. The lowest BCUT2D eigenvalue weighted by Crippen LogP contribution is -2.42. The third kappa shape index (κ3) is 6.82. The maximum Gasteiger partial charge on any atom is 0.341 e. The van der Waals surface area contributed by atoms with Crippen LogP contribution < -0.4 is 10.1 Å². The van der Waals surface area contributed by atoms with E-state index in [4.69, 9.17) is 14.2 Å². The zero-order chi connectivity index (χ0) is 21.2. The second-order valence-electron chi connectivity index (χ2n) is 7.11. The van der Waals surface area contributed by atoms with Gasteiger partial charge in [-0.05, 0) is 51.8 Å². The number of ether oxygens (including phenoxy) is 3. The molecule has 0 unspecified atom stereocenters. The Kier molecular flexibility index (Phi) is 10.0. The van der Waals surface area contributed by atoms with Gasteiger partial charge in [-0.3, -0.25) is 4.79 Å². The van der Waals surface area contributed by atoms with E-state index in [0.29, 0.717) is 24.5 Å². The van der Waals surface area contributed by atoms with Crippen molar-refractivity contribution in [2.24, 2.45) is 0 Å². The number of hydrogen-bond acceptors (Lipinski definition) is 5. The van der Waals surface area contributed by atoms with Crippen molar-refractivity contribution in [3.8, 4) is 5.75 Å². The van der Waals surface area contributed by atoms with Crippen LogP contribution in [0, 0.1) is 0 Å². The molecule has 0 radical (unpaired) electrons. The molecule has 0 aliphatic rings. The summed E-state index contributed by atoms with van der Waals surface area (Å²) in [6, 6.07) is 4.99. The van der Waals surface area contributed by atoms with Gasteiger partial charge in [0.2, 0.25) is 0 Å². The average Bonchev–Trinajstić information content (AvgIpc) is 2.68. The van der Waals surface area contributed by atoms with Crippen molar-refractivity contribution in [2.75, 3.05) is 19.0 Å². The van der Waals surface area contributed by atoms with Gasteiger partial charge >= 0.3 is 5.97 Å². The third-order valence-corrected chi connectivity index (χ3v) is 4.75. The molecule has 0 aliphatic carbocycles. The van der Waals surface area contributed by atoms with Crippen molar-refractivity contribution in [3.63, 3.8) is 0 Å². The largest absolute Gasteiger partial charge is 0.490 e. The standard InChI is InChI=1S/C22H35NO5/c1-7-10-11-14-22(5,27-9-3)21(25)23-17-12-13-19(28-16(4)8-2)18(15-17)20(24)26-6/h12-13,15-16H,7-11,14H2,1-6H3,(H,23,25)/t16-,22+/m1/s1. The molecule has 6 heteroatoms. The summed E-state index contributed by atoms with van der Waals surface area (Å²) < 4.78 is 16.4. The van der Waals surface area contributed by atoms with Gasteiger partial charge < -0.3 is 19.5 Å². The Hall–Kier alpha value is -2.08. The fourth-order valence-electron chi connectivity index (χ4n) is 2.83. The number of unbranched alkanes of at least 4 members (excludes halogenated alkanes) is 2. The molecule has 158 valence electrons. The first kappa shape index (κ1) is 24.0. The van der Waals surface area contributed by atoms with E-state index in [0.717, 1.165) is 25.7 Å². The Labute approximate surface area is 168 Å². The maximum atomic E-state index is 12.9. The van der Waals surface area contributed by atoms with E-state index < -0.39 is 11.6 Å². The second kappa shape index (κ2) is 11.7. The van der Waals surface area contributed by atoms with Gasteiger partial charge in [0.25, 0.3) is 5.91 Å². The molecule has 0 aliphatic heterocycles. The number of hydrogen-bond donors (Lipinski definition) is 1. The SMILES string of the molecule is CCCCC[C@](C)(OCC)C(=O)Nc1ccc(O[C@H](C)CC)c(C(=O)OC)c1.